The molecule has 6 heteroatoms. The van der Waals surface area contributed by atoms with E-state index in [1.54, 1.807) is 10.9 Å². The number of hydrogen-bond acceptors (Lipinski definition) is 3. The van der Waals surface area contributed by atoms with Crippen molar-refractivity contribution in [1.82, 2.24) is 15.1 Å². The second kappa shape index (κ2) is 5.99. The van der Waals surface area contributed by atoms with E-state index in [1.165, 1.54) is 12.1 Å². The first kappa shape index (κ1) is 13.1. The van der Waals surface area contributed by atoms with Crippen LogP contribution < -0.4 is 11.1 Å². The summed E-state index contributed by atoms with van der Waals surface area (Å²) < 4.78 is 14.6. The van der Waals surface area contributed by atoms with Gasteiger partial charge in [-0.3, -0.25) is 9.48 Å². The van der Waals surface area contributed by atoms with Gasteiger partial charge >= 0.3 is 0 Å². The van der Waals surface area contributed by atoms with Crippen molar-refractivity contribution in [2.45, 2.75) is 13.0 Å². The smallest absolute Gasteiger partial charge is 0.253 e. The second-order valence-electron chi connectivity index (χ2n) is 4.11. The first-order valence-corrected chi connectivity index (χ1v) is 5.97. The number of nitrogen functional groups attached to an aromatic ring is 1. The number of aromatic nitrogens is 2. The summed E-state index contributed by atoms with van der Waals surface area (Å²) in [5, 5.41) is 6.80. The van der Waals surface area contributed by atoms with Gasteiger partial charge in [-0.1, -0.05) is 0 Å². The highest BCUT2D eigenvalue weighted by Gasteiger charge is 2.09. The molecule has 1 aromatic heterocycles. The Balaban J connectivity index is 1.81. The lowest BCUT2D eigenvalue weighted by molar-refractivity contribution is 0.0953. The molecular weight excluding hydrogens is 247 g/mol. The number of rotatable bonds is 5. The molecule has 0 aliphatic rings. The van der Waals surface area contributed by atoms with Crippen molar-refractivity contribution in [1.29, 1.82) is 0 Å². The summed E-state index contributed by atoms with van der Waals surface area (Å²) in [5.74, 6) is -0.745. The Bertz CT molecular complexity index is 554. The van der Waals surface area contributed by atoms with Crippen LogP contribution in [-0.2, 0) is 6.54 Å². The molecule has 1 amide bonds. The minimum atomic E-state index is -0.451. The van der Waals surface area contributed by atoms with Crippen molar-refractivity contribution in [2.75, 3.05) is 12.3 Å². The van der Waals surface area contributed by atoms with Crippen molar-refractivity contribution in [3.05, 3.63) is 48.0 Å². The quantitative estimate of drug-likeness (QED) is 0.632. The second-order valence-corrected chi connectivity index (χ2v) is 4.11. The highest BCUT2D eigenvalue weighted by molar-refractivity contribution is 5.99. The molecule has 1 heterocycles. The molecular formula is C13H15FN4O. The predicted molar refractivity (Wildman–Crippen MR) is 70.0 cm³/mol. The summed E-state index contributed by atoms with van der Waals surface area (Å²) >= 11 is 0. The van der Waals surface area contributed by atoms with Crippen LogP contribution in [0.15, 0.2) is 36.7 Å². The lowest BCUT2D eigenvalue weighted by Crippen LogP contribution is -2.26. The average molecular weight is 262 g/mol. The van der Waals surface area contributed by atoms with Crippen molar-refractivity contribution in [2.24, 2.45) is 0 Å². The summed E-state index contributed by atoms with van der Waals surface area (Å²) in [7, 11) is 0. The normalized spacial score (nSPS) is 10.4. The number of anilines is 1. The molecule has 0 aliphatic carbocycles. The van der Waals surface area contributed by atoms with Crippen LogP contribution in [0.2, 0.25) is 0 Å². The summed E-state index contributed by atoms with van der Waals surface area (Å²) in [6.07, 6.45) is 4.33. The Kier molecular flexibility index (Phi) is 4.12. The standard InChI is InChI=1S/C13H15FN4O/c14-10-3-4-11(12(15)9-10)13(19)16-5-1-7-18-8-2-6-17-18/h2-4,6,8-9H,1,5,7,15H2,(H,16,19). The summed E-state index contributed by atoms with van der Waals surface area (Å²) in [4.78, 5) is 11.8. The largest absolute Gasteiger partial charge is 0.398 e. The van der Waals surface area contributed by atoms with E-state index >= 15 is 0 Å². The number of nitrogens with two attached hydrogens (primary N) is 1. The van der Waals surface area contributed by atoms with E-state index in [1.807, 2.05) is 12.3 Å². The maximum Gasteiger partial charge on any atom is 0.253 e. The van der Waals surface area contributed by atoms with E-state index in [-0.39, 0.29) is 11.6 Å². The lowest BCUT2D eigenvalue weighted by Gasteiger charge is -2.07. The third-order valence-corrected chi connectivity index (χ3v) is 2.67. The molecule has 0 atom stereocenters. The SMILES string of the molecule is Nc1cc(F)ccc1C(=O)NCCCn1cccn1. The van der Waals surface area contributed by atoms with Gasteiger partial charge in [0.2, 0.25) is 0 Å². The van der Waals surface area contributed by atoms with Crippen LogP contribution in [0.5, 0.6) is 0 Å². The van der Waals surface area contributed by atoms with Crippen LogP contribution in [0, 0.1) is 5.82 Å². The highest BCUT2D eigenvalue weighted by atomic mass is 19.1. The van der Waals surface area contributed by atoms with Crippen molar-refractivity contribution in [3.8, 4) is 0 Å². The van der Waals surface area contributed by atoms with Crippen LogP contribution in [0.25, 0.3) is 0 Å². The van der Waals surface area contributed by atoms with Crippen LogP contribution in [0.3, 0.4) is 0 Å². The van der Waals surface area contributed by atoms with E-state index in [2.05, 4.69) is 10.4 Å². The Labute approximate surface area is 110 Å². The minimum absolute atomic E-state index is 0.143. The Hall–Kier alpha value is -2.37. The maximum absolute atomic E-state index is 12.9. The number of nitrogens with one attached hydrogen (secondary N) is 1. The molecule has 3 N–H and O–H groups in total. The molecule has 0 fully saturated rings. The van der Waals surface area contributed by atoms with Gasteiger partial charge in [-0.05, 0) is 30.7 Å². The number of aryl methyl sites for hydroxylation is 1. The van der Waals surface area contributed by atoms with E-state index in [9.17, 15) is 9.18 Å². The molecule has 0 unspecified atom stereocenters. The number of halogens is 1. The van der Waals surface area contributed by atoms with Crippen LogP contribution in [0.4, 0.5) is 10.1 Å². The number of benzene rings is 1. The summed E-state index contributed by atoms with van der Waals surface area (Å²) in [6.45, 7) is 1.24. The monoisotopic (exact) mass is 262 g/mol. The fraction of sp³-hybridized carbons (Fsp3) is 0.231. The molecule has 2 rings (SSSR count). The molecule has 0 saturated heterocycles. The van der Waals surface area contributed by atoms with Gasteiger partial charge in [-0.25, -0.2) is 4.39 Å². The predicted octanol–water partition coefficient (Wildman–Crippen LogP) is 1.42. The molecule has 100 valence electrons. The van der Waals surface area contributed by atoms with Crippen molar-refractivity contribution in [3.63, 3.8) is 0 Å². The number of nitrogens with zero attached hydrogens (tertiary/aromatic N) is 2. The molecule has 1 aromatic carbocycles. The van der Waals surface area contributed by atoms with Gasteiger partial charge < -0.3 is 11.1 Å². The Morgan fingerprint density at radius 1 is 1.47 bits per heavy atom. The van der Waals surface area contributed by atoms with Gasteiger partial charge in [0.1, 0.15) is 5.82 Å². The molecule has 19 heavy (non-hydrogen) atoms. The van der Waals surface area contributed by atoms with E-state index in [4.69, 9.17) is 5.73 Å². The van der Waals surface area contributed by atoms with E-state index < -0.39 is 5.82 Å². The van der Waals surface area contributed by atoms with Crippen molar-refractivity contribution < 1.29 is 9.18 Å². The third-order valence-electron chi connectivity index (χ3n) is 2.67. The average Bonchev–Trinajstić information content (AvgIpc) is 2.87. The zero-order chi connectivity index (χ0) is 13.7. The van der Waals surface area contributed by atoms with Crippen LogP contribution >= 0.6 is 0 Å². The number of carbonyl (C=O) groups excluding carboxylic acids is 1. The van der Waals surface area contributed by atoms with Gasteiger partial charge in [-0.15, -0.1) is 0 Å². The van der Waals surface area contributed by atoms with Crippen LogP contribution in [0.1, 0.15) is 16.8 Å². The Morgan fingerprint density at radius 3 is 3.00 bits per heavy atom. The topological polar surface area (TPSA) is 72.9 Å². The third kappa shape index (κ3) is 3.54. The highest BCUT2D eigenvalue weighted by Crippen LogP contribution is 2.12. The van der Waals surface area contributed by atoms with Gasteiger partial charge in [0.05, 0.1) is 5.56 Å². The van der Waals surface area contributed by atoms with Crippen LogP contribution in [-0.4, -0.2) is 22.2 Å². The maximum atomic E-state index is 12.9. The first-order chi connectivity index (χ1) is 9.16. The lowest BCUT2D eigenvalue weighted by atomic mass is 10.1. The summed E-state index contributed by atoms with van der Waals surface area (Å²) in [5.41, 5.74) is 6.02. The molecule has 0 radical (unpaired) electrons. The number of hydrogen-bond donors (Lipinski definition) is 2. The molecule has 0 aliphatic heterocycles. The minimum Gasteiger partial charge on any atom is -0.398 e. The zero-order valence-electron chi connectivity index (χ0n) is 10.3. The van der Waals surface area contributed by atoms with Gasteiger partial charge in [-0.2, -0.15) is 5.10 Å². The molecule has 2 aromatic rings. The van der Waals surface area contributed by atoms with Gasteiger partial charge in [0.25, 0.3) is 5.91 Å². The first-order valence-electron chi connectivity index (χ1n) is 5.97. The fourth-order valence-corrected chi connectivity index (χ4v) is 1.71. The van der Waals surface area contributed by atoms with Gasteiger partial charge in [0, 0.05) is 31.2 Å². The molecule has 0 bridgehead atoms. The van der Waals surface area contributed by atoms with Gasteiger partial charge in [0.15, 0.2) is 0 Å². The summed E-state index contributed by atoms with van der Waals surface area (Å²) in [6, 6.07) is 5.58. The Morgan fingerprint density at radius 2 is 2.32 bits per heavy atom. The fourth-order valence-electron chi connectivity index (χ4n) is 1.71. The van der Waals surface area contributed by atoms with E-state index in [0.29, 0.717) is 12.1 Å². The number of amides is 1. The van der Waals surface area contributed by atoms with E-state index in [0.717, 1.165) is 19.0 Å². The zero-order valence-corrected chi connectivity index (χ0v) is 10.3. The number of carbonyl (C=O) groups is 1. The molecule has 5 nitrogen and oxygen atoms in total. The molecule has 0 spiro atoms. The van der Waals surface area contributed by atoms with Crippen molar-refractivity contribution >= 4 is 11.6 Å². The molecule has 0 saturated carbocycles.